The number of benzene rings is 1. The van der Waals surface area contributed by atoms with Crippen LogP contribution in [-0.4, -0.2) is 26.4 Å². The molecule has 1 rings (SSSR count). The highest BCUT2D eigenvalue weighted by atomic mass is 35.5. The summed E-state index contributed by atoms with van der Waals surface area (Å²) in [7, 11) is 0. The van der Waals surface area contributed by atoms with Gasteiger partial charge in [-0.15, -0.1) is 0 Å². The molecule has 106 valence electrons. The number of carbonyl (C=O) groups is 1. The highest BCUT2D eigenvalue weighted by Gasteiger charge is 2.13. The average molecular weight is 306 g/mol. The summed E-state index contributed by atoms with van der Waals surface area (Å²) in [5, 5.41) is 12.1. The molecule has 0 radical (unpaired) electrons. The smallest absolute Gasteiger partial charge is 0.335 e. The molecule has 19 heavy (non-hydrogen) atoms. The zero-order chi connectivity index (χ0) is 14.4. The minimum atomic E-state index is -2.57. The van der Waals surface area contributed by atoms with E-state index in [-0.39, 0.29) is 16.3 Å². The van der Waals surface area contributed by atoms with Crippen molar-refractivity contribution < 1.29 is 18.7 Å². The van der Waals surface area contributed by atoms with Gasteiger partial charge in [0.05, 0.1) is 22.0 Å². The van der Waals surface area contributed by atoms with Crippen LogP contribution in [0.5, 0.6) is 0 Å². The lowest BCUT2D eigenvalue weighted by atomic mass is 10.1. The van der Waals surface area contributed by atoms with Gasteiger partial charge in [0.15, 0.2) is 0 Å². The van der Waals surface area contributed by atoms with E-state index in [1.54, 1.807) is 0 Å². The lowest BCUT2D eigenvalue weighted by Gasteiger charge is -2.15. The summed E-state index contributed by atoms with van der Waals surface area (Å²) in [5.74, 6) is -1.16. The van der Waals surface area contributed by atoms with Crippen LogP contribution in [0.15, 0.2) is 12.1 Å². The molecular weight excluding hydrogens is 292 g/mol. The molecule has 0 amide bonds. The van der Waals surface area contributed by atoms with Crippen molar-refractivity contribution in [3.05, 3.63) is 22.7 Å². The third kappa shape index (κ3) is 4.70. The Morgan fingerprint density at radius 1 is 1.47 bits per heavy atom. The number of rotatable bonds is 7. The van der Waals surface area contributed by atoms with Crippen LogP contribution >= 0.6 is 11.6 Å². The van der Waals surface area contributed by atoms with Crippen molar-refractivity contribution in [2.75, 3.05) is 16.6 Å². The van der Waals surface area contributed by atoms with Crippen molar-refractivity contribution in [2.24, 2.45) is 0 Å². The van der Waals surface area contributed by atoms with Crippen LogP contribution in [-0.2, 0) is 11.3 Å². The third-order valence-electron chi connectivity index (χ3n) is 2.36. The lowest BCUT2D eigenvalue weighted by Crippen LogP contribution is -2.08. The van der Waals surface area contributed by atoms with E-state index < -0.39 is 17.2 Å². The molecule has 1 unspecified atom stereocenters. The van der Waals surface area contributed by atoms with Crippen molar-refractivity contribution >= 4 is 40.2 Å². The maximum Gasteiger partial charge on any atom is 0.335 e. The normalized spacial score (nSPS) is 11.9. The zero-order valence-electron chi connectivity index (χ0n) is 10.2. The Bertz CT molecular complexity index is 496. The van der Waals surface area contributed by atoms with Crippen molar-refractivity contribution in [3.8, 4) is 0 Å². The van der Waals surface area contributed by atoms with Crippen molar-refractivity contribution in [1.82, 2.24) is 0 Å². The first-order valence-electron chi connectivity index (χ1n) is 5.62. The van der Waals surface area contributed by atoms with E-state index in [9.17, 15) is 13.6 Å². The second kappa shape index (κ2) is 7.32. The van der Waals surface area contributed by atoms with Crippen LogP contribution in [0.1, 0.15) is 30.1 Å². The monoisotopic (exact) mass is 305 g/mol. The van der Waals surface area contributed by atoms with Gasteiger partial charge in [0.1, 0.15) is 0 Å². The fourth-order valence-corrected chi connectivity index (χ4v) is 2.06. The van der Waals surface area contributed by atoms with Gasteiger partial charge in [-0.1, -0.05) is 24.9 Å². The summed E-state index contributed by atoms with van der Waals surface area (Å²) in [6.45, 7) is 2.64. The first kappa shape index (κ1) is 15.7. The van der Waals surface area contributed by atoms with Gasteiger partial charge in [-0.3, -0.25) is 4.21 Å². The highest BCUT2D eigenvalue weighted by Crippen LogP contribution is 2.32. The van der Waals surface area contributed by atoms with Gasteiger partial charge in [0, 0.05) is 17.8 Å². The molecule has 0 aliphatic rings. The molecule has 0 aliphatic heterocycles. The molecule has 3 N–H and O–H groups in total. The Morgan fingerprint density at radius 2 is 2.11 bits per heavy atom. The molecule has 8 heteroatoms. The Hall–Kier alpha value is -1.31. The maximum absolute atomic E-state index is 11.0. The first-order valence-corrected chi connectivity index (χ1v) is 7.07. The van der Waals surface area contributed by atoms with Gasteiger partial charge in [-0.2, -0.15) is 0 Å². The van der Waals surface area contributed by atoms with Gasteiger partial charge in [0.25, 0.3) is 0 Å². The van der Waals surface area contributed by atoms with E-state index >= 15 is 0 Å². The summed E-state index contributed by atoms with van der Waals surface area (Å²) >= 11 is 3.45. The Balaban J connectivity index is 3.09. The molecule has 0 spiro atoms. The maximum atomic E-state index is 11.0. The molecule has 0 aliphatic carbocycles. The molecule has 1 atom stereocenters. The molecule has 6 nitrogen and oxygen atoms in total. The van der Waals surface area contributed by atoms with Crippen LogP contribution in [0.2, 0.25) is 5.02 Å². The largest absolute Gasteiger partial charge is 0.755 e. The lowest BCUT2D eigenvalue weighted by molar-refractivity contribution is 0.0697. The summed E-state index contributed by atoms with van der Waals surface area (Å²) in [4.78, 5) is 11.0. The minimum Gasteiger partial charge on any atom is -0.755 e. The van der Waals surface area contributed by atoms with Crippen LogP contribution in [0.25, 0.3) is 0 Å². The standard InChI is InChI=1S/C11H15ClN2O4S/c1-2-3-4-13-8-5-7(11(15)16)6-9(10(8)12)14-19(17)18/h5-6,13-14H,2-4H2,1H3,(H,15,16)(H,17,18)/p-1. The number of nitrogens with one attached hydrogen (secondary N) is 2. The van der Waals surface area contributed by atoms with E-state index in [1.165, 1.54) is 12.1 Å². The van der Waals surface area contributed by atoms with Crippen LogP contribution in [0, 0.1) is 0 Å². The van der Waals surface area contributed by atoms with E-state index in [1.807, 2.05) is 6.92 Å². The fourth-order valence-electron chi connectivity index (χ4n) is 1.44. The minimum absolute atomic E-state index is 0.0360. The van der Waals surface area contributed by atoms with Gasteiger partial charge >= 0.3 is 5.97 Å². The van der Waals surface area contributed by atoms with E-state index in [4.69, 9.17) is 16.7 Å². The quantitative estimate of drug-likeness (QED) is 0.530. The van der Waals surface area contributed by atoms with Gasteiger partial charge in [0.2, 0.25) is 0 Å². The average Bonchev–Trinajstić information content (AvgIpc) is 2.33. The van der Waals surface area contributed by atoms with Gasteiger partial charge in [-0.05, 0) is 18.6 Å². The van der Waals surface area contributed by atoms with Crippen molar-refractivity contribution in [2.45, 2.75) is 19.8 Å². The van der Waals surface area contributed by atoms with E-state index in [2.05, 4.69) is 10.0 Å². The highest BCUT2D eigenvalue weighted by molar-refractivity contribution is 7.80. The number of hydrogen-bond donors (Lipinski definition) is 3. The molecule has 1 aromatic carbocycles. The van der Waals surface area contributed by atoms with Crippen LogP contribution in [0.3, 0.4) is 0 Å². The number of halogens is 1. The first-order chi connectivity index (χ1) is 8.95. The van der Waals surface area contributed by atoms with Gasteiger partial charge < -0.3 is 19.7 Å². The van der Waals surface area contributed by atoms with E-state index in [0.29, 0.717) is 12.2 Å². The number of carboxylic acid groups (broad SMARTS) is 1. The van der Waals surface area contributed by atoms with Crippen LogP contribution in [0.4, 0.5) is 11.4 Å². The summed E-state index contributed by atoms with van der Waals surface area (Å²) in [6, 6.07) is 2.55. The molecule has 0 aromatic heterocycles. The predicted octanol–water partition coefficient (Wildman–Crippen LogP) is 2.46. The summed E-state index contributed by atoms with van der Waals surface area (Å²) in [6.07, 6.45) is 1.86. The fraction of sp³-hybridized carbons (Fsp3) is 0.364. The molecule has 0 heterocycles. The SMILES string of the molecule is CCCCNc1cc(C(=O)O)cc(NS(=O)[O-])c1Cl. The Labute approximate surface area is 118 Å². The Morgan fingerprint density at radius 3 is 2.63 bits per heavy atom. The second-order valence-electron chi connectivity index (χ2n) is 3.81. The van der Waals surface area contributed by atoms with E-state index in [0.717, 1.165) is 12.8 Å². The predicted molar refractivity (Wildman–Crippen MR) is 74.4 cm³/mol. The Kier molecular flexibility index (Phi) is 6.07. The molecule has 0 saturated heterocycles. The molecule has 0 bridgehead atoms. The molecule has 0 fully saturated rings. The van der Waals surface area contributed by atoms with Crippen LogP contribution < -0.4 is 10.0 Å². The number of hydrogen-bond acceptors (Lipinski definition) is 4. The number of carboxylic acids is 1. The number of unbranched alkanes of at least 4 members (excludes halogenated alkanes) is 1. The number of aromatic carboxylic acids is 1. The van der Waals surface area contributed by atoms with Crippen molar-refractivity contribution in [1.29, 1.82) is 0 Å². The summed E-state index contributed by atoms with van der Waals surface area (Å²) < 4.78 is 23.4. The third-order valence-corrected chi connectivity index (χ3v) is 3.15. The molecule has 1 aromatic rings. The van der Waals surface area contributed by atoms with Crippen molar-refractivity contribution in [3.63, 3.8) is 0 Å². The van der Waals surface area contributed by atoms with Gasteiger partial charge in [-0.25, -0.2) is 4.79 Å². The zero-order valence-corrected chi connectivity index (χ0v) is 11.8. The number of anilines is 2. The topological polar surface area (TPSA) is 101 Å². The molecular formula is C11H14ClN2O4S-. The second-order valence-corrected chi connectivity index (χ2v) is 4.86. The molecule has 0 saturated carbocycles. The summed E-state index contributed by atoms with van der Waals surface area (Å²) in [5.41, 5.74) is 0.383.